The lowest BCUT2D eigenvalue weighted by Crippen LogP contribution is -2.26. The zero-order valence-electron chi connectivity index (χ0n) is 12.0. The van der Waals surface area contributed by atoms with Crippen LogP contribution in [0.15, 0.2) is 42.5 Å². The minimum absolute atomic E-state index is 0.170. The number of nitrogens with one attached hydrogen (secondary N) is 2. The third-order valence-corrected chi connectivity index (χ3v) is 3.59. The fourth-order valence-corrected chi connectivity index (χ4v) is 2.52. The third-order valence-electron chi connectivity index (χ3n) is 2.74. The van der Waals surface area contributed by atoms with E-state index in [0.717, 1.165) is 4.31 Å². The van der Waals surface area contributed by atoms with Crippen LogP contribution in [0.1, 0.15) is 6.92 Å². The van der Waals surface area contributed by atoms with E-state index in [4.69, 9.17) is 23.2 Å². The maximum atomic E-state index is 12.2. The molecule has 0 bridgehead atoms. The smallest absolute Gasteiger partial charge is 0.326 e. The van der Waals surface area contributed by atoms with Crippen molar-refractivity contribution in [2.45, 2.75) is 6.92 Å². The van der Waals surface area contributed by atoms with Crippen molar-refractivity contribution in [1.82, 2.24) is 0 Å². The summed E-state index contributed by atoms with van der Waals surface area (Å²) in [6.07, 6.45) is 0. The molecule has 0 spiro atoms. The Morgan fingerprint density at radius 2 is 1.52 bits per heavy atom. The molecule has 0 saturated heterocycles. The van der Waals surface area contributed by atoms with Crippen LogP contribution < -0.4 is 14.9 Å². The first-order chi connectivity index (χ1) is 10.8. The molecule has 0 radical (unpaired) electrons. The zero-order valence-corrected chi connectivity index (χ0v) is 14.4. The highest BCUT2D eigenvalue weighted by atomic mass is 35.5. The van der Waals surface area contributed by atoms with Gasteiger partial charge in [-0.05, 0) is 42.5 Å². The van der Waals surface area contributed by atoms with E-state index < -0.39 is 6.03 Å². The maximum Gasteiger partial charge on any atom is 0.336 e. The van der Waals surface area contributed by atoms with Crippen molar-refractivity contribution in [2.75, 3.05) is 14.9 Å². The van der Waals surface area contributed by atoms with Gasteiger partial charge in [0.15, 0.2) is 0 Å². The molecule has 0 aromatic heterocycles. The zero-order chi connectivity index (χ0) is 17.0. The summed E-state index contributed by atoms with van der Waals surface area (Å²) in [6.45, 7) is 1.42. The normalized spacial score (nSPS) is 10.1. The van der Waals surface area contributed by atoms with Gasteiger partial charge in [0.2, 0.25) is 5.91 Å². The SMILES string of the molecule is CC(=O)Nc1ccc(N(S)C(=O)Nc2cc(Cl)cc(Cl)c2)cc1. The topological polar surface area (TPSA) is 61.4 Å². The molecule has 0 heterocycles. The summed E-state index contributed by atoms with van der Waals surface area (Å²) in [4.78, 5) is 23.2. The largest absolute Gasteiger partial charge is 0.336 e. The van der Waals surface area contributed by atoms with Crippen molar-refractivity contribution < 1.29 is 9.59 Å². The molecule has 0 aliphatic carbocycles. The molecule has 0 atom stereocenters. The number of nitrogens with zero attached hydrogens (tertiary/aromatic N) is 1. The summed E-state index contributed by atoms with van der Waals surface area (Å²) in [7, 11) is 0. The second-order valence-electron chi connectivity index (χ2n) is 4.63. The lowest BCUT2D eigenvalue weighted by Gasteiger charge is -2.17. The van der Waals surface area contributed by atoms with Gasteiger partial charge in [-0.2, -0.15) is 0 Å². The van der Waals surface area contributed by atoms with E-state index in [9.17, 15) is 9.59 Å². The Hall–Kier alpha value is -1.89. The molecule has 0 aliphatic heterocycles. The number of carbonyl (C=O) groups excluding carboxylic acids is 2. The van der Waals surface area contributed by atoms with E-state index in [1.54, 1.807) is 42.5 Å². The number of benzene rings is 2. The van der Waals surface area contributed by atoms with Crippen LogP contribution in [-0.2, 0) is 4.79 Å². The van der Waals surface area contributed by atoms with E-state index in [1.165, 1.54) is 6.92 Å². The third kappa shape index (κ3) is 5.06. The Morgan fingerprint density at radius 1 is 0.957 bits per heavy atom. The Balaban J connectivity index is 2.08. The van der Waals surface area contributed by atoms with Crippen molar-refractivity contribution in [1.29, 1.82) is 0 Å². The number of hydrogen-bond acceptors (Lipinski definition) is 3. The average molecular weight is 370 g/mol. The van der Waals surface area contributed by atoms with Crippen molar-refractivity contribution in [3.05, 3.63) is 52.5 Å². The van der Waals surface area contributed by atoms with Crippen LogP contribution in [0, 0.1) is 0 Å². The summed E-state index contributed by atoms with van der Waals surface area (Å²) in [5.41, 5.74) is 1.62. The van der Waals surface area contributed by atoms with Gasteiger partial charge >= 0.3 is 6.03 Å². The molecule has 120 valence electrons. The lowest BCUT2D eigenvalue weighted by atomic mass is 10.3. The van der Waals surface area contributed by atoms with Crippen molar-refractivity contribution in [3.8, 4) is 0 Å². The van der Waals surface area contributed by atoms with E-state index in [0.29, 0.717) is 27.1 Å². The molecular weight excluding hydrogens is 357 g/mol. The van der Waals surface area contributed by atoms with Crippen LogP contribution in [0.5, 0.6) is 0 Å². The monoisotopic (exact) mass is 369 g/mol. The molecule has 0 aliphatic rings. The number of rotatable bonds is 3. The second-order valence-corrected chi connectivity index (χ2v) is 5.90. The van der Waals surface area contributed by atoms with E-state index >= 15 is 0 Å². The quantitative estimate of drug-likeness (QED) is 0.678. The lowest BCUT2D eigenvalue weighted by molar-refractivity contribution is -0.114. The van der Waals surface area contributed by atoms with Gasteiger partial charge in [0.05, 0.1) is 5.69 Å². The molecule has 2 N–H and O–H groups in total. The predicted molar refractivity (Wildman–Crippen MR) is 97.7 cm³/mol. The van der Waals surface area contributed by atoms with E-state index in [-0.39, 0.29) is 5.91 Å². The fraction of sp³-hybridized carbons (Fsp3) is 0.0667. The highest BCUT2D eigenvalue weighted by molar-refractivity contribution is 7.82. The number of carbonyl (C=O) groups is 2. The first kappa shape index (κ1) is 17.5. The molecule has 0 fully saturated rings. The highest BCUT2D eigenvalue weighted by Crippen LogP contribution is 2.24. The molecule has 0 unspecified atom stereocenters. The number of halogens is 2. The first-order valence-electron chi connectivity index (χ1n) is 6.49. The molecule has 2 rings (SSSR count). The van der Waals surface area contributed by atoms with Gasteiger partial charge in [-0.3, -0.25) is 4.79 Å². The Morgan fingerprint density at radius 3 is 2.04 bits per heavy atom. The maximum absolute atomic E-state index is 12.2. The van der Waals surface area contributed by atoms with Gasteiger partial charge in [0.1, 0.15) is 0 Å². The van der Waals surface area contributed by atoms with E-state index in [2.05, 4.69) is 23.4 Å². The molecule has 3 amide bonds. The van der Waals surface area contributed by atoms with Crippen molar-refractivity contribution in [3.63, 3.8) is 0 Å². The Bertz CT molecular complexity index is 718. The molecule has 2 aromatic rings. The van der Waals surface area contributed by atoms with Crippen LogP contribution in [0.25, 0.3) is 0 Å². The number of amides is 3. The predicted octanol–water partition coefficient (Wildman–Crippen LogP) is 4.84. The number of thiol groups is 1. The minimum Gasteiger partial charge on any atom is -0.326 e. The van der Waals surface area contributed by atoms with Gasteiger partial charge < -0.3 is 10.6 Å². The van der Waals surface area contributed by atoms with Crippen LogP contribution in [0.4, 0.5) is 21.9 Å². The summed E-state index contributed by atoms with van der Waals surface area (Å²) >= 11 is 15.9. The number of hydrogen-bond donors (Lipinski definition) is 3. The first-order valence-corrected chi connectivity index (χ1v) is 7.64. The van der Waals surface area contributed by atoms with Gasteiger partial charge in [0, 0.05) is 28.3 Å². The fourth-order valence-electron chi connectivity index (χ4n) is 1.81. The van der Waals surface area contributed by atoms with E-state index in [1.807, 2.05) is 0 Å². The molecule has 0 saturated carbocycles. The molecule has 23 heavy (non-hydrogen) atoms. The molecule has 5 nitrogen and oxygen atoms in total. The van der Waals surface area contributed by atoms with Gasteiger partial charge in [-0.1, -0.05) is 36.0 Å². The van der Waals surface area contributed by atoms with Crippen LogP contribution >= 0.6 is 36.0 Å². The molecular formula is C15H13Cl2N3O2S. The Kier molecular flexibility index (Phi) is 5.76. The summed E-state index contributed by atoms with van der Waals surface area (Å²) in [5, 5.41) is 6.11. The van der Waals surface area contributed by atoms with Gasteiger partial charge in [-0.15, -0.1) is 0 Å². The van der Waals surface area contributed by atoms with Crippen LogP contribution in [0.3, 0.4) is 0 Å². The van der Waals surface area contributed by atoms with Crippen molar-refractivity contribution >= 4 is 65.0 Å². The van der Waals surface area contributed by atoms with Crippen molar-refractivity contribution in [2.24, 2.45) is 0 Å². The Labute approximate surface area is 149 Å². The van der Waals surface area contributed by atoms with Gasteiger partial charge in [0.25, 0.3) is 0 Å². The number of anilines is 3. The summed E-state index contributed by atoms with van der Waals surface area (Å²) < 4.78 is 1.13. The number of urea groups is 1. The molecule has 8 heteroatoms. The highest BCUT2D eigenvalue weighted by Gasteiger charge is 2.13. The average Bonchev–Trinajstić information content (AvgIpc) is 2.45. The van der Waals surface area contributed by atoms with Gasteiger partial charge in [-0.25, -0.2) is 9.10 Å². The standard InChI is InChI=1S/C15H13Cl2N3O2S/c1-9(21)18-12-2-4-14(5-3-12)20(23)15(22)19-13-7-10(16)6-11(17)8-13/h2-8,23H,1H3,(H,18,21)(H,19,22). The van der Waals surface area contributed by atoms with Crippen LogP contribution in [0.2, 0.25) is 10.0 Å². The second kappa shape index (κ2) is 7.59. The summed E-state index contributed by atoms with van der Waals surface area (Å²) in [6, 6.07) is 10.9. The van der Waals surface area contributed by atoms with Crippen LogP contribution in [-0.4, -0.2) is 11.9 Å². The minimum atomic E-state index is -0.473. The summed E-state index contributed by atoms with van der Waals surface area (Å²) in [5.74, 6) is -0.170. The molecule has 2 aromatic carbocycles.